The number of rotatable bonds is 10. The third kappa shape index (κ3) is 7.61. The Labute approximate surface area is 318 Å². The van der Waals surface area contributed by atoms with Gasteiger partial charge in [-0.3, -0.25) is 9.36 Å². The average Bonchev–Trinajstić information content (AvgIpc) is 3.42. The molecule has 0 radical (unpaired) electrons. The molecule has 0 saturated carbocycles. The Morgan fingerprint density at radius 2 is 1.54 bits per heavy atom. The van der Waals surface area contributed by atoms with E-state index in [4.69, 9.17) is 19.2 Å². The number of carbonyl (C=O) groups is 2. The van der Waals surface area contributed by atoms with Crippen LogP contribution < -0.4 is 19.6 Å². The summed E-state index contributed by atoms with van der Waals surface area (Å²) in [5.74, 6) is -0.709. The maximum Gasteiger partial charge on any atom is 0.338 e. The molecule has 0 amide bonds. The minimum Gasteiger partial charge on any atom is -0.487 e. The van der Waals surface area contributed by atoms with Gasteiger partial charge in [0.25, 0.3) is 5.56 Å². The van der Waals surface area contributed by atoms with E-state index in [-0.39, 0.29) is 23.7 Å². The molecular formula is C38H29FI2N2O6S. The van der Waals surface area contributed by atoms with Crippen molar-refractivity contribution in [1.82, 2.24) is 4.57 Å². The van der Waals surface area contributed by atoms with Crippen LogP contribution >= 0.6 is 56.5 Å². The molecule has 1 aliphatic rings. The summed E-state index contributed by atoms with van der Waals surface area (Å²) in [4.78, 5) is 45.1. The molecule has 0 saturated heterocycles. The molecule has 254 valence electrons. The van der Waals surface area contributed by atoms with Crippen LogP contribution in [-0.4, -0.2) is 29.7 Å². The lowest BCUT2D eigenvalue weighted by Crippen LogP contribution is -2.40. The Bertz CT molecular complexity index is 2260. The summed E-state index contributed by atoms with van der Waals surface area (Å²) in [6.45, 7) is 4.22. The highest BCUT2D eigenvalue weighted by atomic mass is 127. The van der Waals surface area contributed by atoms with Crippen molar-refractivity contribution in [1.29, 1.82) is 0 Å². The molecule has 0 spiro atoms. The van der Waals surface area contributed by atoms with Crippen LogP contribution in [0.1, 0.15) is 52.5 Å². The van der Waals surface area contributed by atoms with Crippen LogP contribution in [0, 0.1) is 13.0 Å². The Morgan fingerprint density at radius 1 is 0.900 bits per heavy atom. The number of esters is 2. The second-order valence-corrected chi connectivity index (χ2v) is 14.3. The van der Waals surface area contributed by atoms with E-state index in [1.807, 2.05) is 54.6 Å². The smallest absolute Gasteiger partial charge is 0.338 e. The minimum absolute atomic E-state index is 0.129. The highest BCUT2D eigenvalue weighted by Crippen LogP contribution is 2.35. The normalized spacial score (nSPS) is 14.2. The van der Waals surface area contributed by atoms with E-state index < -0.39 is 17.8 Å². The molecule has 1 aromatic heterocycles. The molecule has 0 fully saturated rings. The molecule has 0 N–H and O–H groups in total. The number of hydrogen-bond donors (Lipinski definition) is 0. The molecule has 50 heavy (non-hydrogen) atoms. The first-order valence-electron chi connectivity index (χ1n) is 15.6. The van der Waals surface area contributed by atoms with Gasteiger partial charge in [-0.15, -0.1) is 0 Å². The van der Waals surface area contributed by atoms with E-state index in [0.717, 1.165) is 18.3 Å². The predicted octanol–water partition coefficient (Wildman–Crippen LogP) is 7.04. The molecule has 6 rings (SSSR count). The summed E-state index contributed by atoms with van der Waals surface area (Å²) in [5, 5.41) is 0. The summed E-state index contributed by atoms with van der Waals surface area (Å²) < 4.78 is 34.4. The number of carbonyl (C=O) groups excluding carboxylic acids is 2. The highest BCUT2D eigenvalue weighted by molar-refractivity contribution is 14.1. The topological polar surface area (TPSA) is 96.2 Å². The SMILES string of the molecule is CCOC(=O)C1=C(c2ccccc2)N=c2s/c(=C\c3cc(I)c(OCc4ccc(C(=O)OCC)cc4)c(I)c3)c(=O)n2[C@@H]1c1ccc(F)cc1. The summed E-state index contributed by atoms with van der Waals surface area (Å²) in [6, 6.07) is 25.1. The maximum absolute atomic E-state index is 14.2. The standard InChI is InChI=1S/C38H29FI2N2O6S/c1-3-47-36(45)26-12-10-22(11-13-26)21-49-34-28(40)18-23(19-29(34)41)20-30-35(44)43-33(25-14-16-27(39)17-15-25)31(37(46)48-4-2)32(42-38(43)50-30)24-8-6-5-7-9-24/h5-20,33H,3-4,21H2,1-2H3/b30-20-/t33-/m1/s1. The summed E-state index contributed by atoms with van der Waals surface area (Å²) >= 11 is 5.63. The van der Waals surface area contributed by atoms with E-state index in [2.05, 4.69) is 45.2 Å². The molecule has 4 aromatic carbocycles. The first-order chi connectivity index (χ1) is 24.2. The number of aromatic nitrogens is 1. The van der Waals surface area contributed by atoms with Gasteiger partial charge in [-0.05, 0) is 118 Å². The van der Waals surface area contributed by atoms with Crippen molar-refractivity contribution in [2.75, 3.05) is 13.2 Å². The molecule has 0 unspecified atom stereocenters. The fraction of sp³-hybridized carbons (Fsp3) is 0.158. The molecule has 0 aliphatic carbocycles. The van der Waals surface area contributed by atoms with Crippen molar-refractivity contribution in [3.05, 3.63) is 157 Å². The van der Waals surface area contributed by atoms with Gasteiger partial charge < -0.3 is 14.2 Å². The van der Waals surface area contributed by atoms with Crippen molar-refractivity contribution in [3.8, 4) is 5.75 Å². The molecule has 5 aromatic rings. The Balaban J connectivity index is 1.39. The molecule has 8 nitrogen and oxygen atoms in total. The van der Waals surface area contributed by atoms with Crippen molar-refractivity contribution in [2.45, 2.75) is 26.5 Å². The van der Waals surface area contributed by atoms with Crippen molar-refractivity contribution in [3.63, 3.8) is 0 Å². The Morgan fingerprint density at radius 3 is 2.18 bits per heavy atom. The number of fused-ring (bicyclic) bond motifs is 1. The zero-order chi connectivity index (χ0) is 35.4. The maximum atomic E-state index is 14.2. The number of nitrogens with zero attached hydrogens (tertiary/aromatic N) is 2. The lowest BCUT2D eigenvalue weighted by atomic mass is 9.93. The Hall–Kier alpha value is -4.15. The highest BCUT2D eigenvalue weighted by Gasteiger charge is 2.35. The monoisotopic (exact) mass is 914 g/mol. The third-order valence-electron chi connectivity index (χ3n) is 7.73. The van der Waals surface area contributed by atoms with Crippen molar-refractivity contribution >= 4 is 80.2 Å². The molecular weight excluding hydrogens is 885 g/mol. The van der Waals surface area contributed by atoms with Gasteiger partial charge in [-0.1, -0.05) is 65.9 Å². The summed E-state index contributed by atoms with van der Waals surface area (Å²) in [5.41, 5.74) is 3.64. The van der Waals surface area contributed by atoms with E-state index in [1.165, 1.54) is 28.0 Å². The number of thiazole rings is 1. The van der Waals surface area contributed by atoms with Crippen LogP contribution in [0.25, 0.3) is 11.8 Å². The van der Waals surface area contributed by atoms with Gasteiger partial charge in [0.1, 0.15) is 18.2 Å². The Kier molecular flexibility index (Phi) is 11.3. The summed E-state index contributed by atoms with van der Waals surface area (Å²) in [6.07, 6.45) is 1.80. The zero-order valence-corrected chi connectivity index (χ0v) is 32.0. The van der Waals surface area contributed by atoms with E-state index >= 15 is 0 Å². The lowest BCUT2D eigenvalue weighted by molar-refractivity contribution is -0.138. The second-order valence-electron chi connectivity index (χ2n) is 11.0. The van der Waals surface area contributed by atoms with Crippen LogP contribution in [0.15, 0.2) is 106 Å². The number of ether oxygens (including phenoxy) is 3. The molecule has 0 bridgehead atoms. The van der Waals surface area contributed by atoms with Gasteiger partial charge in [-0.25, -0.2) is 19.0 Å². The quantitative estimate of drug-likeness (QED) is 0.110. The molecule has 1 atom stereocenters. The van der Waals surface area contributed by atoms with Gasteiger partial charge in [0.15, 0.2) is 4.80 Å². The summed E-state index contributed by atoms with van der Waals surface area (Å²) in [7, 11) is 0. The fourth-order valence-electron chi connectivity index (χ4n) is 5.46. The number of halogens is 3. The first-order valence-corrected chi connectivity index (χ1v) is 18.6. The van der Waals surface area contributed by atoms with Gasteiger partial charge in [0, 0.05) is 5.56 Å². The second kappa shape index (κ2) is 15.8. The third-order valence-corrected chi connectivity index (χ3v) is 10.3. The van der Waals surface area contributed by atoms with Crippen molar-refractivity contribution in [2.24, 2.45) is 4.99 Å². The van der Waals surface area contributed by atoms with Crippen LogP contribution in [0.3, 0.4) is 0 Å². The fourth-order valence-corrected chi connectivity index (χ4v) is 8.59. The molecule has 2 heterocycles. The molecule has 1 aliphatic heterocycles. The van der Waals surface area contributed by atoms with Crippen LogP contribution in [0.5, 0.6) is 5.75 Å². The number of benzene rings is 4. The van der Waals surface area contributed by atoms with Gasteiger partial charge in [-0.2, -0.15) is 0 Å². The van der Waals surface area contributed by atoms with Crippen LogP contribution in [-0.2, 0) is 20.9 Å². The number of hydrogen-bond acceptors (Lipinski definition) is 8. The lowest BCUT2D eigenvalue weighted by Gasteiger charge is -2.25. The van der Waals surface area contributed by atoms with Crippen LogP contribution in [0.4, 0.5) is 4.39 Å². The van der Waals surface area contributed by atoms with Gasteiger partial charge >= 0.3 is 11.9 Å². The minimum atomic E-state index is -0.898. The largest absolute Gasteiger partial charge is 0.487 e. The van der Waals surface area contributed by atoms with E-state index in [0.29, 0.717) is 50.7 Å². The zero-order valence-electron chi connectivity index (χ0n) is 26.8. The van der Waals surface area contributed by atoms with E-state index in [9.17, 15) is 18.8 Å². The predicted molar refractivity (Wildman–Crippen MR) is 206 cm³/mol. The van der Waals surface area contributed by atoms with Gasteiger partial charge in [0.05, 0.1) is 47.8 Å². The van der Waals surface area contributed by atoms with Crippen molar-refractivity contribution < 1.29 is 28.2 Å². The average molecular weight is 915 g/mol. The van der Waals surface area contributed by atoms with Gasteiger partial charge in [0.2, 0.25) is 0 Å². The molecule has 12 heteroatoms. The van der Waals surface area contributed by atoms with E-state index in [1.54, 1.807) is 44.2 Å². The van der Waals surface area contributed by atoms with Crippen LogP contribution in [0.2, 0.25) is 0 Å². The first kappa shape index (κ1) is 35.7.